The van der Waals surface area contributed by atoms with Crippen LogP contribution in [0, 0.1) is 6.92 Å². The number of halogens is 1. The fourth-order valence-electron chi connectivity index (χ4n) is 5.15. The number of anilines is 2. The smallest absolute Gasteiger partial charge is 0.321 e. The maximum atomic E-state index is 13.9. The molecule has 0 bridgehead atoms. The molecule has 37 heavy (non-hydrogen) atoms. The minimum absolute atomic E-state index is 0.165. The van der Waals surface area contributed by atoms with Gasteiger partial charge >= 0.3 is 6.03 Å². The molecule has 3 aromatic rings. The third kappa shape index (κ3) is 5.08. The molecule has 1 aromatic carbocycles. The summed E-state index contributed by atoms with van der Waals surface area (Å²) in [6.07, 6.45) is 5.63. The summed E-state index contributed by atoms with van der Waals surface area (Å²) in [6.45, 7) is 4.31. The molecule has 10 nitrogen and oxygen atoms in total. The number of aryl methyl sites for hydroxylation is 1. The van der Waals surface area contributed by atoms with Gasteiger partial charge in [-0.2, -0.15) is 5.10 Å². The Kier molecular flexibility index (Phi) is 6.96. The Morgan fingerprint density at radius 1 is 1.16 bits per heavy atom. The van der Waals surface area contributed by atoms with E-state index in [4.69, 9.17) is 27.4 Å². The molecule has 0 radical (unpaired) electrons. The second kappa shape index (κ2) is 10.2. The number of aromatic nitrogens is 3. The van der Waals surface area contributed by atoms with Gasteiger partial charge in [0.25, 0.3) is 5.91 Å². The first-order chi connectivity index (χ1) is 17.7. The van der Waals surface area contributed by atoms with Crippen LogP contribution in [0.3, 0.4) is 0 Å². The predicted molar refractivity (Wildman–Crippen MR) is 144 cm³/mol. The molecular formula is C26H33ClN8O2. The second-order valence-electron chi connectivity index (χ2n) is 10.1. The van der Waals surface area contributed by atoms with Gasteiger partial charge < -0.3 is 25.8 Å². The third-order valence-corrected chi connectivity index (χ3v) is 7.35. The lowest BCUT2D eigenvalue weighted by Gasteiger charge is -2.35. The largest absolute Gasteiger partial charge is 0.355 e. The molecule has 3 amide bonds. The van der Waals surface area contributed by atoms with E-state index in [0.29, 0.717) is 22.8 Å². The zero-order valence-electron chi connectivity index (χ0n) is 21.4. The number of hydrogen-bond acceptors (Lipinski definition) is 6. The first-order valence-corrected chi connectivity index (χ1v) is 13.1. The van der Waals surface area contributed by atoms with E-state index in [9.17, 15) is 9.59 Å². The van der Waals surface area contributed by atoms with Gasteiger partial charge in [-0.15, -0.1) is 0 Å². The quantitative estimate of drug-likeness (QED) is 0.538. The highest BCUT2D eigenvalue weighted by molar-refractivity contribution is 6.31. The highest BCUT2D eigenvalue weighted by atomic mass is 35.5. The fourth-order valence-corrected chi connectivity index (χ4v) is 5.32. The zero-order valence-corrected chi connectivity index (χ0v) is 22.2. The number of amides is 3. The molecule has 2 fully saturated rings. The van der Waals surface area contributed by atoms with E-state index in [2.05, 4.69) is 10.2 Å². The number of carbonyl (C=O) groups is 2. The number of urea groups is 1. The first-order valence-electron chi connectivity index (χ1n) is 12.7. The van der Waals surface area contributed by atoms with Crippen LogP contribution in [-0.4, -0.2) is 76.1 Å². The van der Waals surface area contributed by atoms with Crippen LogP contribution in [-0.2, 0) is 0 Å². The summed E-state index contributed by atoms with van der Waals surface area (Å²) in [7, 11) is 3.30. The van der Waals surface area contributed by atoms with Crippen LogP contribution >= 0.6 is 11.6 Å². The van der Waals surface area contributed by atoms with E-state index >= 15 is 0 Å². The van der Waals surface area contributed by atoms with E-state index in [1.165, 1.54) is 4.90 Å². The summed E-state index contributed by atoms with van der Waals surface area (Å²) in [5, 5.41) is 8.08. The number of rotatable bonds is 4. The van der Waals surface area contributed by atoms with Gasteiger partial charge in [0.2, 0.25) is 0 Å². The molecule has 11 heteroatoms. The number of fused-ring (bicyclic) bond motifs is 1. The third-order valence-electron chi connectivity index (χ3n) is 7.11. The van der Waals surface area contributed by atoms with Crippen LogP contribution in [0.15, 0.2) is 30.5 Å². The molecule has 3 N–H and O–H groups in total. The van der Waals surface area contributed by atoms with Gasteiger partial charge in [-0.25, -0.2) is 14.3 Å². The van der Waals surface area contributed by atoms with Crippen LogP contribution < -0.4 is 16.0 Å². The summed E-state index contributed by atoms with van der Waals surface area (Å²) in [6, 6.07) is 6.56. The van der Waals surface area contributed by atoms with E-state index in [0.717, 1.165) is 61.5 Å². The van der Waals surface area contributed by atoms with Crippen molar-refractivity contribution in [2.45, 2.75) is 44.7 Å². The lowest BCUT2D eigenvalue weighted by atomic mass is 9.98. The summed E-state index contributed by atoms with van der Waals surface area (Å²) in [4.78, 5) is 36.6. The molecule has 2 aliphatic heterocycles. The standard InChI is InChI=1S/C26H33ClN8O2/c1-16-14-35-23(30-24(16)33-11-9-18(28)15-33)13-21(31-35)22-6-4-5-10-34(22)25(36)19-12-17(27)7-8-20(19)29-26(37)32(2)3/h7-8,12-14,18,22H,4-6,9-11,15,28H2,1-3H3,(H,29,37)/t18-,22-/m0/s1. The van der Waals surface area contributed by atoms with Crippen molar-refractivity contribution in [3.63, 3.8) is 0 Å². The van der Waals surface area contributed by atoms with Crippen molar-refractivity contribution in [1.82, 2.24) is 24.4 Å². The van der Waals surface area contributed by atoms with Crippen molar-refractivity contribution in [3.8, 4) is 0 Å². The monoisotopic (exact) mass is 524 g/mol. The highest BCUT2D eigenvalue weighted by Crippen LogP contribution is 2.34. The summed E-state index contributed by atoms with van der Waals surface area (Å²) < 4.78 is 1.80. The predicted octanol–water partition coefficient (Wildman–Crippen LogP) is 3.69. The van der Waals surface area contributed by atoms with E-state index in [1.54, 1.807) is 36.8 Å². The van der Waals surface area contributed by atoms with Crippen LogP contribution in [0.5, 0.6) is 0 Å². The Labute approximate surface area is 221 Å². The van der Waals surface area contributed by atoms with Crippen LogP contribution in [0.1, 0.15) is 53.3 Å². The van der Waals surface area contributed by atoms with Gasteiger partial charge in [-0.05, 0) is 50.8 Å². The maximum absolute atomic E-state index is 13.9. The van der Waals surface area contributed by atoms with Gasteiger partial charge in [-0.1, -0.05) is 11.6 Å². The molecule has 0 aliphatic carbocycles. The molecule has 0 unspecified atom stereocenters. The normalized spacial score (nSPS) is 19.9. The van der Waals surface area contributed by atoms with Crippen LogP contribution in [0.25, 0.3) is 5.65 Å². The van der Waals surface area contributed by atoms with Crippen molar-refractivity contribution < 1.29 is 9.59 Å². The second-order valence-corrected chi connectivity index (χ2v) is 10.6. The Balaban J connectivity index is 1.47. The lowest BCUT2D eigenvalue weighted by molar-refractivity contribution is 0.0607. The Morgan fingerprint density at radius 3 is 2.70 bits per heavy atom. The van der Waals surface area contributed by atoms with Gasteiger partial charge in [-0.3, -0.25) is 4.79 Å². The minimum Gasteiger partial charge on any atom is -0.355 e. The van der Waals surface area contributed by atoms with E-state index in [1.807, 2.05) is 24.1 Å². The van der Waals surface area contributed by atoms with Crippen molar-refractivity contribution in [2.24, 2.45) is 5.73 Å². The molecule has 196 valence electrons. The van der Waals surface area contributed by atoms with E-state index in [-0.39, 0.29) is 24.0 Å². The average molecular weight is 525 g/mol. The van der Waals surface area contributed by atoms with Gasteiger partial charge in [0, 0.05) is 62.6 Å². The highest BCUT2D eigenvalue weighted by Gasteiger charge is 2.32. The molecule has 0 spiro atoms. The van der Waals surface area contributed by atoms with Crippen molar-refractivity contribution in [2.75, 3.05) is 43.9 Å². The Hall–Kier alpha value is -3.37. The van der Waals surface area contributed by atoms with Gasteiger partial charge in [0.1, 0.15) is 5.82 Å². The van der Waals surface area contributed by atoms with Gasteiger partial charge in [0.15, 0.2) is 5.65 Å². The number of nitrogens with one attached hydrogen (secondary N) is 1. The molecule has 2 atom stereocenters. The van der Waals surface area contributed by atoms with E-state index < -0.39 is 0 Å². The Bertz CT molecular complexity index is 1340. The maximum Gasteiger partial charge on any atom is 0.321 e. The number of nitrogens with zero attached hydrogens (tertiary/aromatic N) is 6. The number of likely N-dealkylation sites (tertiary alicyclic amines) is 1. The SMILES string of the molecule is Cc1cn2nc([C@@H]3CCCCN3C(=O)c3cc(Cl)ccc3NC(=O)N(C)C)cc2nc1N1CC[C@H](N)C1. The summed E-state index contributed by atoms with van der Waals surface area (Å²) in [5.74, 6) is 0.748. The van der Waals surface area contributed by atoms with Crippen molar-refractivity contribution >= 4 is 40.7 Å². The molecule has 2 aromatic heterocycles. The lowest BCUT2D eigenvalue weighted by Crippen LogP contribution is -2.39. The van der Waals surface area contributed by atoms with Crippen molar-refractivity contribution in [1.29, 1.82) is 0 Å². The molecule has 2 aliphatic rings. The molecule has 0 saturated carbocycles. The topological polar surface area (TPSA) is 112 Å². The Morgan fingerprint density at radius 2 is 1.97 bits per heavy atom. The molecule has 5 rings (SSSR count). The summed E-state index contributed by atoms with van der Waals surface area (Å²) in [5.41, 5.74) is 9.49. The van der Waals surface area contributed by atoms with Crippen LogP contribution in [0.2, 0.25) is 5.02 Å². The molecule has 2 saturated heterocycles. The van der Waals surface area contributed by atoms with Gasteiger partial charge in [0.05, 0.1) is 23.0 Å². The number of nitrogens with two attached hydrogens (primary N) is 1. The number of piperidine rings is 1. The zero-order chi connectivity index (χ0) is 26.3. The van der Waals surface area contributed by atoms with Crippen molar-refractivity contribution in [3.05, 3.63) is 52.3 Å². The fraction of sp³-hybridized carbons (Fsp3) is 0.462. The minimum atomic E-state index is -0.317. The molecule has 4 heterocycles. The molecular weight excluding hydrogens is 492 g/mol. The summed E-state index contributed by atoms with van der Waals surface area (Å²) >= 11 is 6.27. The number of benzene rings is 1. The van der Waals surface area contributed by atoms with Crippen LogP contribution in [0.4, 0.5) is 16.3 Å². The number of carbonyl (C=O) groups excluding carboxylic acids is 2. The average Bonchev–Trinajstić information content (AvgIpc) is 3.49. The first kappa shape index (κ1) is 25.3. The number of hydrogen-bond donors (Lipinski definition) is 2.